The lowest BCUT2D eigenvalue weighted by atomic mass is 10.1. The van der Waals surface area contributed by atoms with Gasteiger partial charge in [0.15, 0.2) is 11.5 Å². The normalized spacial score (nSPS) is 11.2. The quantitative estimate of drug-likeness (QED) is 0.290. The van der Waals surface area contributed by atoms with E-state index in [2.05, 4.69) is 67.4 Å². The molecular formula is C28H44N2O2. The molecule has 0 spiro atoms. The molecule has 0 aliphatic heterocycles. The van der Waals surface area contributed by atoms with Crippen molar-refractivity contribution < 1.29 is 9.47 Å². The standard InChI is InChI=1S/C28H44N2O2/c1-5-8-18-30(19-9-6-2)20-12-17-29-22-25-15-16-27(28(21-25)31-7-3)32-23-26-14-11-10-13-24(26)4/h10-11,13-16,21,29H,5-9,12,17-20,22-23H2,1-4H3. The van der Waals surface area contributed by atoms with Gasteiger partial charge in [-0.05, 0) is 88.1 Å². The minimum Gasteiger partial charge on any atom is -0.490 e. The summed E-state index contributed by atoms with van der Waals surface area (Å²) in [6.07, 6.45) is 6.33. The molecule has 0 fully saturated rings. The molecule has 0 heterocycles. The highest BCUT2D eigenvalue weighted by Crippen LogP contribution is 2.29. The van der Waals surface area contributed by atoms with Crippen molar-refractivity contribution in [1.29, 1.82) is 0 Å². The molecule has 2 aromatic carbocycles. The molecule has 1 N–H and O–H groups in total. The molecule has 4 heteroatoms. The van der Waals surface area contributed by atoms with Crippen LogP contribution in [0.2, 0.25) is 0 Å². The SMILES string of the molecule is CCCCN(CCCC)CCCNCc1ccc(OCc2ccccc2C)c(OCC)c1. The number of hydrogen-bond acceptors (Lipinski definition) is 4. The summed E-state index contributed by atoms with van der Waals surface area (Å²) in [4.78, 5) is 2.63. The lowest BCUT2D eigenvalue weighted by molar-refractivity contribution is 0.261. The van der Waals surface area contributed by atoms with E-state index in [-0.39, 0.29) is 0 Å². The molecule has 0 aliphatic rings. The van der Waals surface area contributed by atoms with E-state index in [4.69, 9.17) is 9.47 Å². The van der Waals surface area contributed by atoms with Crippen molar-refractivity contribution in [1.82, 2.24) is 10.2 Å². The number of rotatable bonds is 17. The van der Waals surface area contributed by atoms with Gasteiger partial charge in [-0.2, -0.15) is 0 Å². The van der Waals surface area contributed by atoms with Gasteiger partial charge in [-0.25, -0.2) is 0 Å². The Bertz CT molecular complexity index is 755. The van der Waals surface area contributed by atoms with Gasteiger partial charge in [-0.15, -0.1) is 0 Å². The minimum absolute atomic E-state index is 0.552. The van der Waals surface area contributed by atoms with Gasteiger partial charge in [0.1, 0.15) is 6.61 Å². The first-order chi connectivity index (χ1) is 15.7. The first-order valence-corrected chi connectivity index (χ1v) is 12.5. The van der Waals surface area contributed by atoms with E-state index in [0.29, 0.717) is 13.2 Å². The summed E-state index contributed by atoms with van der Waals surface area (Å²) in [5, 5.41) is 3.60. The highest BCUT2D eigenvalue weighted by atomic mass is 16.5. The third-order valence-corrected chi connectivity index (χ3v) is 5.77. The molecule has 0 atom stereocenters. The molecule has 0 bridgehead atoms. The smallest absolute Gasteiger partial charge is 0.161 e. The summed E-state index contributed by atoms with van der Waals surface area (Å²) in [5.41, 5.74) is 3.67. The van der Waals surface area contributed by atoms with Crippen LogP contribution in [-0.4, -0.2) is 37.7 Å². The molecule has 4 nitrogen and oxygen atoms in total. The number of ether oxygens (including phenoxy) is 2. The van der Waals surface area contributed by atoms with Crippen molar-refractivity contribution in [2.75, 3.05) is 32.8 Å². The van der Waals surface area contributed by atoms with Crippen LogP contribution in [0, 0.1) is 6.92 Å². The van der Waals surface area contributed by atoms with Crippen molar-refractivity contribution in [2.24, 2.45) is 0 Å². The molecule has 2 aromatic rings. The van der Waals surface area contributed by atoms with Crippen molar-refractivity contribution in [3.63, 3.8) is 0 Å². The second-order valence-electron chi connectivity index (χ2n) is 8.51. The van der Waals surface area contributed by atoms with Crippen molar-refractivity contribution in [2.45, 2.75) is 73.0 Å². The molecule has 0 radical (unpaired) electrons. The van der Waals surface area contributed by atoms with E-state index in [1.807, 2.05) is 13.0 Å². The first kappa shape index (κ1) is 26.2. The number of aryl methyl sites for hydroxylation is 1. The number of nitrogens with one attached hydrogen (secondary N) is 1. The zero-order chi connectivity index (χ0) is 23.0. The summed E-state index contributed by atoms with van der Waals surface area (Å²) >= 11 is 0. The highest BCUT2D eigenvalue weighted by Gasteiger charge is 2.08. The van der Waals surface area contributed by atoms with E-state index in [1.54, 1.807) is 0 Å². The molecule has 0 aromatic heterocycles. The van der Waals surface area contributed by atoms with Crippen molar-refractivity contribution >= 4 is 0 Å². The lowest BCUT2D eigenvalue weighted by Crippen LogP contribution is -2.29. The van der Waals surface area contributed by atoms with Crippen LogP contribution < -0.4 is 14.8 Å². The largest absolute Gasteiger partial charge is 0.490 e. The summed E-state index contributed by atoms with van der Waals surface area (Å²) in [7, 11) is 0. The third kappa shape index (κ3) is 9.62. The number of benzene rings is 2. The molecule has 0 saturated heterocycles. The Hall–Kier alpha value is -2.04. The number of unbranched alkanes of at least 4 members (excludes halogenated alkanes) is 2. The van der Waals surface area contributed by atoms with Gasteiger partial charge in [-0.3, -0.25) is 0 Å². The van der Waals surface area contributed by atoms with Gasteiger partial charge in [0, 0.05) is 6.54 Å². The van der Waals surface area contributed by atoms with E-state index in [0.717, 1.165) is 24.6 Å². The maximum Gasteiger partial charge on any atom is 0.161 e. The Balaban J connectivity index is 1.81. The highest BCUT2D eigenvalue weighted by molar-refractivity contribution is 5.43. The Morgan fingerprint density at radius 2 is 1.53 bits per heavy atom. The maximum absolute atomic E-state index is 6.09. The van der Waals surface area contributed by atoms with E-state index >= 15 is 0 Å². The van der Waals surface area contributed by atoms with Crippen LogP contribution in [0.25, 0.3) is 0 Å². The topological polar surface area (TPSA) is 33.7 Å². The fraction of sp³-hybridized carbons (Fsp3) is 0.571. The van der Waals surface area contributed by atoms with Crippen LogP contribution in [0.5, 0.6) is 11.5 Å². The number of hydrogen-bond donors (Lipinski definition) is 1. The van der Waals surface area contributed by atoms with E-state index < -0.39 is 0 Å². The Morgan fingerprint density at radius 3 is 2.22 bits per heavy atom. The Morgan fingerprint density at radius 1 is 0.812 bits per heavy atom. The maximum atomic E-state index is 6.09. The van der Waals surface area contributed by atoms with Crippen LogP contribution in [0.1, 0.15) is 69.6 Å². The van der Waals surface area contributed by atoms with Gasteiger partial charge in [0.25, 0.3) is 0 Å². The fourth-order valence-corrected chi connectivity index (χ4v) is 3.74. The van der Waals surface area contributed by atoms with Crippen LogP contribution in [0.15, 0.2) is 42.5 Å². The monoisotopic (exact) mass is 440 g/mol. The summed E-state index contributed by atoms with van der Waals surface area (Å²) < 4.78 is 12.0. The predicted molar refractivity (Wildman–Crippen MR) is 136 cm³/mol. The molecule has 0 amide bonds. The second kappa shape index (κ2) is 15.7. The van der Waals surface area contributed by atoms with Gasteiger partial charge in [-0.1, -0.05) is 57.0 Å². The molecule has 2 rings (SSSR count). The van der Waals surface area contributed by atoms with Crippen molar-refractivity contribution in [3.8, 4) is 11.5 Å². The second-order valence-corrected chi connectivity index (χ2v) is 8.51. The van der Waals surface area contributed by atoms with E-state index in [1.165, 1.54) is 68.4 Å². The van der Waals surface area contributed by atoms with Crippen LogP contribution in [-0.2, 0) is 13.2 Å². The predicted octanol–water partition coefficient (Wildman–Crippen LogP) is 6.35. The van der Waals surface area contributed by atoms with E-state index in [9.17, 15) is 0 Å². The summed E-state index contributed by atoms with van der Waals surface area (Å²) in [6, 6.07) is 14.6. The summed E-state index contributed by atoms with van der Waals surface area (Å²) in [6.45, 7) is 15.4. The molecule has 178 valence electrons. The Labute approximate surface area is 196 Å². The van der Waals surface area contributed by atoms with Crippen LogP contribution in [0.4, 0.5) is 0 Å². The van der Waals surface area contributed by atoms with Gasteiger partial charge in [0.2, 0.25) is 0 Å². The van der Waals surface area contributed by atoms with Crippen LogP contribution in [0.3, 0.4) is 0 Å². The number of nitrogens with zero attached hydrogens (tertiary/aromatic N) is 1. The summed E-state index contributed by atoms with van der Waals surface area (Å²) in [5.74, 6) is 1.63. The molecule has 0 aliphatic carbocycles. The zero-order valence-corrected chi connectivity index (χ0v) is 20.8. The van der Waals surface area contributed by atoms with Crippen LogP contribution >= 0.6 is 0 Å². The molecular weight excluding hydrogens is 396 g/mol. The minimum atomic E-state index is 0.552. The lowest BCUT2D eigenvalue weighted by Gasteiger charge is -2.22. The fourth-order valence-electron chi connectivity index (χ4n) is 3.74. The van der Waals surface area contributed by atoms with Gasteiger partial charge < -0.3 is 19.7 Å². The molecule has 0 unspecified atom stereocenters. The molecule has 0 saturated carbocycles. The average Bonchev–Trinajstić information content (AvgIpc) is 2.80. The third-order valence-electron chi connectivity index (χ3n) is 5.77. The Kier molecular flexibility index (Phi) is 12.9. The first-order valence-electron chi connectivity index (χ1n) is 12.5. The molecule has 32 heavy (non-hydrogen) atoms. The van der Waals surface area contributed by atoms with Gasteiger partial charge in [0.05, 0.1) is 6.61 Å². The van der Waals surface area contributed by atoms with Gasteiger partial charge >= 0.3 is 0 Å². The average molecular weight is 441 g/mol. The zero-order valence-electron chi connectivity index (χ0n) is 20.8. The van der Waals surface area contributed by atoms with Crippen molar-refractivity contribution in [3.05, 3.63) is 59.2 Å².